The van der Waals surface area contributed by atoms with Crippen LogP contribution in [0, 0.1) is 0 Å². The zero-order valence-corrected chi connectivity index (χ0v) is 9.89. The van der Waals surface area contributed by atoms with Crippen molar-refractivity contribution in [2.24, 2.45) is 0 Å². The van der Waals surface area contributed by atoms with Gasteiger partial charge in [0.2, 0.25) is 0 Å². The van der Waals surface area contributed by atoms with Crippen molar-refractivity contribution in [3.63, 3.8) is 0 Å². The molecule has 4 nitrogen and oxygen atoms in total. The van der Waals surface area contributed by atoms with Crippen LogP contribution in [0.1, 0.15) is 19.3 Å². The first-order valence-electron chi connectivity index (χ1n) is 6.28. The Balaban J connectivity index is 1.60. The summed E-state index contributed by atoms with van der Waals surface area (Å²) in [6.07, 6.45) is 6.89. The van der Waals surface area contributed by atoms with E-state index < -0.39 is 0 Å². The molecule has 4 heteroatoms. The molecule has 0 radical (unpaired) electrons. The molecule has 0 bridgehead atoms. The van der Waals surface area contributed by atoms with Gasteiger partial charge in [-0.05, 0) is 38.1 Å². The van der Waals surface area contributed by atoms with Gasteiger partial charge in [0.05, 0.1) is 18.4 Å². The number of hydrogen-bond acceptors (Lipinski definition) is 4. The van der Waals surface area contributed by atoms with Gasteiger partial charge in [0.25, 0.3) is 0 Å². The Bertz CT molecular complexity index is 363. The average molecular weight is 234 g/mol. The van der Waals surface area contributed by atoms with Crippen LogP contribution in [0.4, 0.5) is 0 Å². The molecule has 3 heterocycles. The molecule has 2 aliphatic rings. The van der Waals surface area contributed by atoms with E-state index in [1.165, 1.54) is 0 Å². The van der Waals surface area contributed by atoms with Gasteiger partial charge in [-0.1, -0.05) is 0 Å². The highest BCUT2D eigenvalue weighted by atomic mass is 16.6. The van der Waals surface area contributed by atoms with Crippen LogP contribution in [0.25, 0.3) is 0 Å². The highest BCUT2D eigenvalue weighted by Crippen LogP contribution is 2.35. The van der Waals surface area contributed by atoms with Crippen LogP contribution in [0.2, 0.25) is 0 Å². The molecule has 1 atom stereocenters. The number of pyridine rings is 1. The van der Waals surface area contributed by atoms with Gasteiger partial charge >= 0.3 is 0 Å². The average Bonchev–Trinajstić information content (AvgIpc) is 2.74. The first-order chi connectivity index (χ1) is 8.36. The molecule has 1 spiro atoms. The van der Waals surface area contributed by atoms with Crippen molar-refractivity contribution < 1.29 is 9.47 Å². The van der Waals surface area contributed by atoms with E-state index in [4.69, 9.17) is 9.47 Å². The van der Waals surface area contributed by atoms with Crippen LogP contribution in [-0.4, -0.2) is 36.4 Å². The van der Waals surface area contributed by atoms with Gasteiger partial charge in [-0.2, -0.15) is 0 Å². The minimum Gasteiger partial charge on any atom is -0.486 e. The molecule has 17 heavy (non-hydrogen) atoms. The number of hydrogen-bond donors (Lipinski definition) is 1. The summed E-state index contributed by atoms with van der Waals surface area (Å²) < 4.78 is 11.9. The Morgan fingerprint density at radius 1 is 1.41 bits per heavy atom. The summed E-state index contributed by atoms with van der Waals surface area (Å²) in [6.45, 7) is 2.81. The highest BCUT2D eigenvalue weighted by Gasteiger charge is 2.42. The maximum atomic E-state index is 5.98. The molecule has 2 saturated heterocycles. The molecule has 0 amide bonds. The molecular formula is C13H18N2O2. The van der Waals surface area contributed by atoms with Gasteiger partial charge in [-0.3, -0.25) is 4.98 Å². The molecule has 2 fully saturated rings. The van der Waals surface area contributed by atoms with E-state index in [0.29, 0.717) is 6.61 Å². The fourth-order valence-corrected chi connectivity index (χ4v) is 2.72. The molecule has 1 N–H and O–H groups in total. The molecule has 0 aromatic carbocycles. The smallest absolute Gasteiger partial charge is 0.138 e. The molecule has 1 aromatic rings. The Morgan fingerprint density at radius 2 is 2.29 bits per heavy atom. The van der Waals surface area contributed by atoms with E-state index >= 15 is 0 Å². The summed E-state index contributed by atoms with van der Waals surface area (Å²) in [6, 6.07) is 3.84. The van der Waals surface area contributed by atoms with Crippen LogP contribution in [-0.2, 0) is 4.74 Å². The van der Waals surface area contributed by atoms with Crippen LogP contribution in [0.5, 0.6) is 5.75 Å². The second kappa shape index (κ2) is 4.63. The lowest BCUT2D eigenvalue weighted by Crippen LogP contribution is -2.41. The number of rotatable bonds is 2. The number of nitrogens with zero attached hydrogens (tertiary/aromatic N) is 1. The summed E-state index contributed by atoms with van der Waals surface area (Å²) in [5, 5.41) is 3.37. The molecule has 92 valence electrons. The lowest BCUT2D eigenvalue weighted by molar-refractivity contribution is -0.0205. The first-order valence-corrected chi connectivity index (χ1v) is 6.28. The van der Waals surface area contributed by atoms with Gasteiger partial charge in [0, 0.05) is 12.6 Å². The normalized spacial score (nSPS) is 27.2. The van der Waals surface area contributed by atoms with E-state index in [0.717, 1.165) is 38.1 Å². The summed E-state index contributed by atoms with van der Waals surface area (Å²) in [5.41, 5.74) is 0.0676. The van der Waals surface area contributed by atoms with Gasteiger partial charge in [-0.15, -0.1) is 0 Å². The van der Waals surface area contributed by atoms with Gasteiger partial charge in [-0.25, -0.2) is 0 Å². The zero-order valence-electron chi connectivity index (χ0n) is 9.89. The molecular weight excluding hydrogens is 216 g/mol. The minimum atomic E-state index is 0.0676. The fourth-order valence-electron chi connectivity index (χ4n) is 2.72. The largest absolute Gasteiger partial charge is 0.486 e. The van der Waals surface area contributed by atoms with Gasteiger partial charge in [0.15, 0.2) is 0 Å². The summed E-state index contributed by atoms with van der Waals surface area (Å²) in [5.74, 6) is 0.840. The molecule has 3 rings (SSSR count). The Morgan fingerprint density at radius 3 is 3.06 bits per heavy atom. The molecule has 1 aromatic heterocycles. The maximum Gasteiger partial charge on any atom is 0.138 e. The Labute approximate surface area is 101 Å². The van der Waals surface area contributed by atoms with Crippen LogP contribution in [0.3, 0.4) is 0 Å². The molecule has 2 aliphatic heterocycles. The van der Waals surface area contributed by atoms with Crippen molar-refractivity contribution in [3.05, 3.63) is 24.5 Å². The van der Waals surface area contributed by atoms with E-state index in [9.17, 15) is 0 Å². The van der Waals surface area contributed by atoms with Crippen molar-refractivity contribution >= 4 is 0 Å². The fraction of sp³-hybridized carbons (Fsp3) is 0.615. The standard InChI is InChI=1S/C13H18N2O2/c1-2-11(9-15-5-1)17-12-8-13(16-10-12)3-6-14-7-4-13/h1-2,5,9,12,14H,3-4,6-8,10H2. The van der Waals surface area contributed by atoms with E-state index in [2.05, 4.69) is 10.3 Å². The third-order valence-corrected chi connectivity index (χ3v) is 3.63. The summed E-state index contributed by atoms with van der Waals surface area (Å²) in [4.78, 5) is 4.05. The zero-order chi connectivity index (χ0) is 11.6. The Hall–Kier alpha value is -1.13. The number of nitrogens with one attached hydrogen (secondary N) is 1. The van der Waals surface area contributed by atoms with Crippen LogP contribution in [0.15, 0.2) is 24.5 Å². The van der Waals surface area contributed by atoms with Gasteiger partial charge in [0.1, 0.15) is 11.9 Å². The number of piperidine rings is 1. The third kappa shape index (κ3) is 2.42. The lowest BCUT2D eigenvalue weighted by atomic mass is 9.89. The number of ether oxygens (including phenoxy) is 2. The topological polar surface area (TPSA) is 43.4 Å². The van der Waals surface area contributed by atoms with Crippen molar-refractivity contribution in [2.45, 2.75) is 31.0 Å². The summed E-state index contributed by atoms with van der Waals surface area (Å²) >= 11 is 0. The SMILES string of the molecule is c1cncc(OC2COC3(CCNCC3)C2)c1. The van der Waals surface area contributed by atoms with Crippen LogP contribution < -0.4 is 10.1 Å². The first kappa shape index (κ1) is 11.0. The molecule has 1 unspecified atom stereocenters. The van der Waals surface area contributed by atoms with E-state index in [1.807, 2.05) is 12.1 Å². The van der Waals surface area contributed by atoms with E-state index in [1.54, 1.807) is 12.4 Å². The van der Waals surface area contributed by atoms with Crippen LogP contribution >= 0.6 is 0 Å². The molecule has 0 aliphatic carbocycles. The predicted molar refractivity (Wildman–Crippen MR) is 64.1 cm³/mol. The maximum absolute atomic E-state index is 5.98. The number of aromatic nitrogens is 1. The Kier molecular flexibility index (Phi) is 2.99. The van der Waals surface area contributed by atoms with Crippen molar-refractivity contribution in [1.29, 1.82) is 0 Å². The van der Waals surface area contributed by atoms with Crippen molar-refractivity contribution in [3.8, 4) is 5.75 Å². The second-order valence-corrected chi connectivity index (χ2v) is 4.88. The van der Waals surface area contributed by atoms with E-state index in [-0.39, 0.29) is 11.7 Å². The van der Waals surface area contributed by atoms with Crippen molar-refractivity contribution in [1.82, 2.24) is 10.3 Å². The summed E-state index contributed by atoms with van der Waals surface area (Å²) in [7, 11) is 0. The van der Waals surface area contributed by atoms with Gasteiger partial charge < -0.3 is 14.8 Å². The second-order valence-electron chi connectivity index (χ2n) is 4.88. The highest BCUT2D eigenvalue weighted by molar-refractivity contribution is 5.16. The lowest BCUT2D eigenvalue weighted by Gasteiger charge is -2.32. The predicted octanol–water partition coefficient (Wildman–Crippen LogP) is 1.37. The minimum absolute atomic E-state index is 0.0676. The monoisotopic (exact) mass is 234 g/mol. The molecule has 0 saturated carbocycles. The quantitative estimate of drug-likeness (QED) is 0.839. The third-order valence-electron chi connectivity index (χ3n) is 3.63. The van der Waals surface area contributed by atoms with Crippen molar-refractivity contribution in [2.75, 3.05) is 19.7 Å².